The van der Waals surface area contributed by atoms with E-state index in [4.69, 9.17) is 9.47 Å². The fourth-order valence-corrected chi connectivity index (χ4v) is 3.41. The number of halogens is 1. The van der Waals surface area contributed by atoms with Crippen molar-refractivity contribution in [3.05, 3.63) is 94.0 Å². The summed E-state index contributed by atoms with van der Waals surface area (Å²) in [6.45, 7) is 4.66. The number of hydrogen-bond acceptors (Lipinski definition) is 3. The van der Waals surface area contributed by atoms with Gasteiger partial charge in [0.15, 0.2) is 11.5 Å². The molecule has 0 saturated carbocycles. The molecule has 0 aromatic heterocycles. The molecular formula is C23H24BrNO2. The number of hydrogen-bond donors (Lipinski definition) is 1. The predicted molar refractivity (Wildman–Crippen MR) is 113 cm³/mol. The minimum atomic E-state index is 0.505. The molecule has 3 rings (SSSR count). The molecule has 0 saturated heterocycles. The van der Waals surface area contributed by atoms with Crippen LogP contribution in [0.1, 0.15) is 23.6 Å². The number of ether oxygens (including phenoxy) is 2. The Morgan fingerprint density at radius 1 is 0.778 bits per heavy atom. The Morgan fingerprint density at radius 2 is 1.41 bits per heavy atom. The number of nitrogens with one attached hydrogen (secondary N) is 1. The summed E-state index contributed by atoms with van der Waals surface area (Å²) in [5.41, 5.74) is 3.54. The van der Waals surface area contributed by atoms with Crippen molar-refractivity contribution in [2.24, 2.45) is 0 Å². The first-order valence-electron chi connectivity index (χ1n) is 9.13. The quantitative estimate of drug-likeness (QED) is 0.475. The fourth-order valence-electron chi connectivity index (χ4n) is 2.80. The zero-order valence-electron chi connectivity index (χ0n) is 15.5. The van der Waals surface area contributed by atoms with Crippen molar-refractivity contribution in [3.63, 3.8) is 0 Å². The van der Waals surface area contributed by atoms with Crippen LogP contribution in [-0.4, -0.2) is 6.61 Å². The van der Waals surface area contributed by atoms with E-state index in [1.807, 2.05) is 37.3 Å². The Labute approximate surface area is 169 Å². The fraction of sp³-hybridized carbons (Fsp3) is 0.217. The highest BCUT2D eigenvalue weighted by Gasteiger charge is 2.12. The van der Waals surface area contributed by atoms with Gasteiger partial charge in [-0.1, -0.05) is 60.7 Å². The van der Waals surface area contributed by atoms with Crippen LogP contribution in [0.5, 0.6) is 11.5 Å². The van der Waals surface area contributed by atoms with E-state index < -0.39 is 0 Å². The lowest BCUT2D eigenvalue weighted by Gasteiger charge is -2.16. The van der Waals surface area contributed by atoms with E-state index >= 15 is 0 Å². The van der Waals surface area contributed by atoms with E-state index in [1.165, 1.54) is 5.56 Å². The molecule has 0 spiro atoms. The smallest absolute Gasteiger partial charge is 0.175 e. The second-order valence-corrected chi connectivity index (χ2v) is 7.06. The van der Waals surface area contributed by atoms with Gasteiger partial charge in [0.1, 0.15) is 6.61 Å². The van der Waals surface area contributed by atoms with Crippen LogP contribution in [0, 0.1) is 0 Å². The molecule has 3 aromatic carbocycles. The molecule has 27 heavy (non-hydrogen) atoms. The standard InChI is InChI=1S/C23H24BrNO2/c1-2-26-22-14-20(16-25-15-18-9-5-3-6-10-18)13-21(24)23(22)27-17-19-11-7-4-8-12-19/h3-14,25H,2,15-17H2,1H3. The van der Waals surface area contributed by atoms with Crippen molar-refractivity contribution in [2.75, 3.05) is 6.61 Å². The molecule has 0 bridgehead atoms. The predicted octanol–water partition coefficient (Wildman–Crippen LogP) is 5.72. The molecule has 4 heteroatoms. The summed E-state index contributed by atoms with van der Waals surface area (Å²) in [5.74, 6) is 1.51. The van der Waals surface area contributed by atoms with Gasteiger partial charge in [0.25, 0.3) is 0 Å². The molecule has 0 fully saturated rings. The first-order valence-corrected chi connectivity index (χ1v) is 9.92. The van der Waals surface area contributed by atoms with Crippen LogP contribution in [-0.2, 0) is 19.7 Å². The molecule has 1 N–H and O–H groups in total. The van der Waals surface area contributed by atoms with Gasteiger partial charge in [0.05, 0.1) is 11.1 Å². The van der Waals surface area contributed by atoms with Gasteiger partial charge in [0, 0.05) is 13.1 Å². The summed E-state index contributed by atoms with van der Waals surface area (Å²) in [7, 11) is 0. The maximum absolute atomic E-state index is 6.04. The largest absolute Gasteiger partial charge is 0.490 e. The Morgan fingerprint density at radius 3 is 2.07 bits per heavy atom. The van der Waals surface area contributed by atoms with E-state index in [2.05, 4.69) is 63.7 Å². The topological polar surface area (TPSA) is 30.5 Å². The van der Waals surface area contributed by atoms with Crippen molar-refractivity contribution in [2.45, 2.75) is 26.6 Å². The lowest BCUT2D eigenvalue weighted by molar-refractivity contribution is 0.267. The van der Waals surface area contributed by atoms with Gasteiger partial charge in [-0.3, -0.25) is 0 Å². The van der Waals surface area contributed by atoms with E-state index in [0.717, 1.165) is 40.2 Å². The van der Waals surface area contributed by atoms with Crippen molar-refractivity contribution >= 4 is 15.9 Å². The summed E-state index contributed by atoms with van der Waals surface area (Å²) in [6, 6.07) is 24.6. The van der Waals surface area contributed by atoms with Gasteiger partial charge >= 0.3 is 0 Å². The van der Waals surface area contributed by atoms with Crippen molar-refractivity contribution < 1.29 is 9.47 Å². The molecule has 0 radical (unpaired) electrons. The third kappa shape index (κ3) is 5.84. The van der Waals surface area contributed by atoms with E-state index in [-0.39, 0.29) is 0 Å². The first-order chi connectivity index (χ1) is 13.3. The van der Waals surface area contributed by atoms with Crippen LogP contribution in [0.15, 0.2) is 77.3 Å². The highest BCUT2D eigenvalue weighted by atomic mass is 79.9. The SMILES string of the molecule is CCOc1cc(CNCc2ccccc2)cc(Br)c1OCc1ccccc1. The number of benzene rings is 3. The lowest BCUT2D eigenvalue weighted by Crippen LogP contribution is -2.13. The summed E-state index contributed by atoms with van der Waals surface area (Å²) < 4.78 is 12.8. The zero-order chi connectivity index (χ0) is 18.9. The molecule has 0 aliphatic rings. The highest BCUT2D eigenvalue weighted by Crippen LogP contribution is 2.37. The monoisotopic (exact) mass is 425 g/mol. The zero-order valence-corrected chi connectivity index (χ0v) is 17.0. The molecular weight excluding hydrogens is 402 g/mol. The third-order valence-corrected chi connectivity index (χ3v) is 4.69. The van der Waals surface area contributed by atoms with Crippen LogP contribution in [0.25, 0.3) is 0 Å². The number of rotatable bonds is 9. The minimum Gasteiger partial charge on any atom is -0.490 e. The molecule has 0 atom stereocenters. The molecule has 0 aliphatic heterocycles. The van der Waals surface area contributed by atoms with Crippen molar-refractivity contribution in [1.82, 2.24) is 5.32 Å². The van der Waals surface area contributed by atoms with Gasteiger partial charge in [-0.15, -0.1) is 0 Å². The summed E-state index contributed by atoms with van der Waals surface area (Å²) in [5, 5.41) is 3.47. The maximum atomic E-state index is 6.04. The van der Waals surface area contributed by atoms with Crippen LogP contribution in [0.3, 0.4) is 0 Å². The van der Waals surface area contributed by atoms with Crippen LogP contribution in [0.4, 0.5) is 0 Å². The Bertz CT molecular complexity index is 838. The van der Waals surface area contributed by atoms with Gasteiger partial charge in [0.2, 0.25) is 0 Å². The average molecular weight is 426 g/mol. The average Bonchev–Trinajstić information content (AvgIpc) is 2.69. The molecule has 0 amide bonds. The minimum absolute atomic E-state index is 0.505. The Kier molecular flexibility index (Phi) is 7.31. The molecule has 0 aliphatic carbocycles. The maximum Gasteiger partial charge on any atom is 0.175 e. The van der Waals surface area contributed by atoms with E-state index in [0.29, 0.717) is 13.2 Å². The molecule has 3 nitrogen and oxygen atoms in total. The van der Waals surface area contributed by atoms with Crippen LogP contribution < -0.4 is 14.8 Å². The molecule has 0 heterocycles. The molecule has 140 valence electrons. The Balaban J connectivity index is 1.67. The van der Waals surface area contributed by atoms with Gasteiger partial charge in [-0.05, 0) is 51.7 Å². The van der Waals surface area contributed by atoms with Crippen molar-refractivity contribution in [3.8, 4) is 11.5 Å². The van der Waals surface area contributed by atoms with Gasteiger partial charge < -0.3 is 14.8 Å². The molecule has 0 unspecified atom stereocenters. The summed E-state index contributed by atoms with van der Waals surface area (Å²) in [6.07, 6.45) is 0. The van der Waals surface area contributed by atoms with Gasteiger partial charge in [-0.2, -0.15) is 0 Å². The molecule has 3 aromatic rings. The van der Waals surface area contributed by atoms with Crippen LogP contribution in [0.2, 0.25) is 0 Å². The first kappa shape index (κ1) is 19.5. The van der Waals surface area contributed by atoms with E-state index in [9.17, 15) is 0 Å². The lowest BCUT2D eigenvalue weighted by atomic mass is 10.2. The van der Waals surface area contributed by atoms with Crippen molar-refractivity contribution in [1.29, 1.82) is 0 Å². The Hall–Kier alpha value is -2.30. The highest BCUT2D eigenvalue weighted by molar-refractivity contribution is 9.10. The summed E-state index contributed by atoms with van der Waals surface area (Å²) in [4.78, 5) is 0. The van der Waals surface area contributed by atoms with Gasteiger partial charge in [-0.25, -0.2) is 0 Å². The van der Waals surface area contributed by atoms with Crippen LogP contribution >= 0.6 is 15.9 Å². The second kappa shape index (κ2) is 10.1. The van der Waals surface area contributed by atoms with E-state index in [1.54, 1.807) is 0 Å². The third-order valence-electron chi connectivity index (χ3n) is 4.10. The summed E-state index contributed by atoms with van der Waals surface area (Å²) >= 11 is 3.65. The second-order valence-electron chi connectivity index (χ2n) is 6.20. The normalized spacial score (nSPS) is 10.6.